The van der Waals surface area contributed by atoms with Crippen LogP contribution in [0.5, 0.6) is 11.5 Å². The number of ether oxygens (including phenoxy) is 3. The quantitative estimate of drug-likeness (QED) is 0.526. The topological polar surface area (TPSA) is 67.4 Å². The Kier molecular flexibility index (Phi) is 7.33. The van der Waals surface area contributed by atoms with Crippen LogP contribution in [-0.4, -0.2) is 69.5 Å². The summed E-state index contributed by atoms with van der Waals surface area (Å²) in [4.78, 5) is 7.32. The van der Waals surface area contributed by atoms with E-state index in [1.807, 2.05) is 18.2 Å². The molecule has 0 radical (unpaired) electrons. The molecule has 7 nitrogen and oxygen atoms in total. The molecule has 2 N–H and O–H groups in total. The third kappa shape index (κ3) is 6.51. The first-order chi connectivity index (χ1) is 14.7. The van der Waals surface area contributed by atoms with Crippen molar-refractivity contribution < 1.29 is 14.2 Å². The van der Waals surface area contributed by atoms with Gasteiger partial charge in [-0.05, 0) is 36.8 Å². The zero-order chi connectivity index (χ0) is 20.8. The molecule has 30 heavy (non-hydrogen) atoms. The number of nitrogens with one attached hydrogen (secondary N) is 2. The second-order valence-corrected chi connectivity index (χ2v) is 9.00. The Balaban J connectivity index is 1.36. The number of rotatable bonds is 7. The van der Waals surface area contributed by atoms with Gasteiger partial charge in [-0.15, -0.1) is 0 Å². The van der Waals surface area contributed by atoms with Gasteiger partial charge in [0.25, 0.3) is 0 Å². The van der Waals surface area contributed by atoms with Gasteiger partial charge < -0.3 is 24.8 Å². The smallest absolute Gasteiger partial charge is 0.195 e. The number of hydrogen-bond acceptors (Lipinski definition) is 5. The van der Waals surface area contributed by atoms with E-state index in [1.165, 1.54) is 12.8 Å². The fourth-order valence-corrected chi connectivity index (χ4v) is 3.83. The van der Waals surface area contributed by atoms with Crippen LogP contribution < -0.4 is 20.1 Å². The molecule has 4 rings (SSSR count). The average molecular weight is 417 g/mol. The lowest BCUT2D eigenvalue weighted by atomic mass is 10.2. The van der Waals surface area contributed by atoms with E-state index in [9.17, 15) is 0 Å². The van der Waals surface area contributed by atoms with Gasteiger partial charge in [-0.1, -0.05) is 13.8 Å². The van der Waals surface area contributed by atoms with E-state index in [-0.39, 0.29) is 6.10 Å². The van der Waals surface area contributed by atoms with Crippen LogP contribution >= 0.6 is 0 Å². The largest absolute Gasteiger partial charge is 0.490 e. The zero-order valence-corrected chi connectivity index (χ0v) is 18.4. The number of benzene rings is 1. The zero-order valence-electron chi connectivity index (χ0n) is 18.4. The number of anilines is 1. The summed E-state index contributed by atoms with van der Waals surface area (Å²) < 4.78 is 17.6. The van der Waals surface area contributed by atoms with E-state index in [0.717, 1.165) is 74.8 Å². The van der Waals surface area contributed by atoms with E-state index in [0.29, 0.717) is 19.1 Å². The maximum absolute atomic E-state index is 5.99. The van der Waals surface area contributed by atoms with Gasteiger partial charge in [-0.3, -0.25) is 9.89 Å². The average Bonchev–Trinajstić information content (AvgIpc) is 3.56. The fraction of sp³-hybridized carbons (Fsp3) is 0.696. The third-order valence-electron chi connectivity index (χ3n) is 5.56. The molecule has 1 aromatic carbocycles. The second-order valence-electron chi connectivity index (χ2n) is 9.00. The van der Waals surface area contributed by atoms with Crippen molar-refractivity contribution in [3.63, 3.8) is 0 Å². The number of morpholine rings is 1. The van der Waals surface area contributed by atoms with Crippen LogP contribution in [0.3, 0.4) is 0 Å². The molecule has 1 aliphatic carbocycles. The van der Waals surface area contributed by atoms with Gasteiger partial charge in [0.05, 0.1) is 25.9 Å². The molecule has 2 heterocycles. The molecule has 1 saturated heterocycles. The summed E-state index contributed by atoms with van der Waals surface area (Å²) in [6, 6.07) is 5.98. The summed E-state index contributed by atoms with van der Waals surface area (Å²) in [5.41, 5.74) is 0.951. The standard InChI is InChI=1S/C23H36N4O3/c1-17(2)15-27-8-11-28-20(16-27)14-25-23(24-13-18-4-5-18)26-19-6-7-21-22(12-19)30-10-3-9-29-21/h6-7,12,17-18,20H,3-5,8-11,13-16H2,1-2H3,(H2,24,25,26). The van der Waals surface area contributed by atoms with E-state index in [1.54, 1.807) is 0 Å². The molecule has 1 atom stereocenters. The minimum absolute atomic E-state index is 0.175. The first-order valence-corrected chi connectivity index (χ1v) is 11.4. The highest BCUT2D eigenvalue weighted by Gasteiger charge is 2.23. The Labute approximate surface area is 180 Å². The molecule has 166 valence electrons. The van der Waals surface area contributed by atoms with Crippen molar-refractivity contribution in [1.82, 2.24) is 10.2 Å². The Hall–Kier alpha value is -1.99. The predicted octanol–water partition coefficient (Wildman–Crippen LogP) is 2.97. The van der Waals surface area contributed by atoms with Crippen LogP contribution in [0.1, 0.15) is 33.1 Å². The number of hydrogen-bond donors (Lipinski definition) is 2. The summed E-state index contributed by atoms with van der Waals surface area (Å²) in [7, 11) is 0. The first kappa shape index (κ1) is 21.2. The van der Waals surface area contributed by atoms with Crippen LogP contribution in [0.2, 0.25) is 0 Å². The van der Waals surface area contributed by atoms with E-state index >= 15 is 0 Å². The van der Waals surface area contributed by atoms with Gasteiger partial charge in [-0.25, -0.2) is 0 Å². The summed E-state index contributed by atoms with van der Waals surface area (Å²) >= 11 is 0. The molecule has 2 aliphatic heterocycles. The van der Waals surface area contributed by atoms with Crippen molar-refractivity contribution >= 4 is 11.6 Å². The van der Waals surface area contributed by atoms with E-state index in [2.05, 4.69) is 29.4 Å². The molecule has 1 aromatic rings. The molecular weight excluding hydrogens is 380 g/mol. The SMILES string of the molecule is CC(C)CN1CCOC(CNC(=NCC2CC2)Nc2ccc3c(c2)OCCCO3)C1. The van der Waals surface area contributed by atoms with Gasteiger partial charge in [0, 0.05) is 50.9 Å². The van der Waals surface area contributed by atoms with Crippen LogP contribution in [0.15, 0.2) is 23.2 Å². The van der Waals surface area contributed by atoms with Crippen LogP contribution in [0, 0.1) is 11.8 Å². The summed E-state index contributed by atoms with van der Waals surface area (Å²) in [5, 5.41) is 6.95. The molecule has 0 spiro atoms. The van der Waals surface area contributed by atoms with Crippen molar-refractivity contribution in [1.29, 1.82) is 0 Å². The van der Waals surface area contributed by atoms with Crippen LogP contribution in [0.4, 0.5) is 5.69 Å². The molecule has 1 saturated carbocycles. The highest BCUT2D eigenvalue weighted by Crippen LogP contribution is 2.32. The summed E-state index contributed by atoms with van der Waals surface area (Å²) in [6.07, 6.45) is 3.66. The van der Waals surface area contributed by atoms with Gasteiger partial charge in [-0.2, -0.15) is 0 Å². The Bertz CT molecular complexity index is 720. The predicted molar refractivity (Wildman–Crippen MR) is 120 cm³/mol. The number of guanidine groups is 1. The number of aliphatic imine (C=N–C) groups is 1. The number of fused-ring (bicyclic) bond motifs is 1. The molecule has 1 unspecified atom stereocenters. The van der Waals surface area contributed by atoms with Crippen molar-refractivity contribution in [2.45, 2.75) is 39.2 Å². The fourth-order valence-electron chi connectivity index (χ4n) is 3.83. The van der Waals surface area contributed by atoms with Gasteiger partial charge in [0.2, 0.25) is 0 Å². The summed E-state index contributed by atoms with van der Waals surface area (Å²) in [5.74, 6) is 3.82. The van der Waals surface area contributed by atoms with Crippen molar-refractivity contribution in [3.05, 3.63) is 18.2 Å². The highest BCUT2D eigenvalue weighted by molar-refractivity contribution is 5.94. The molecule has 0 bridgehead atoms. The molecular formula is C23H36N4O3. The highest BCUT2D eigenvalue weighted by atomic mass is 16.5. The minimum atomic E-state index is 0.175. The minimum Gasteiger partial charge on any atom is -0.490 e. The third-order valence-corrected chi connectivity index (χ3v) is 5.56. The summed E-state index contributed by atoms with van der Waals surface area (Å²) in [6.45, 7) is 11.4. The molecule has 0 aromatic heterocycles. The van der Waals surface area contributed by atoms with Gasteiger partial charge in [0.1, 0.15) is 0 Å². The molecule has 7 heteroatoms. The van der Waals surface area contributed by atoms with Crippen LogP contribution in [0.25, 0.3) is 0 Å². The normalized spacial score (nSPS) is 22.6. The maximum Gasteiger partial charge on any atom is 0.195 e. The number of nitrogens with zero attached hydrogens (tertiary/aromatic N) is 2. The van der Waals surface area contributed by atoms with Crippen molar-refractivity contribution in [2.75, 3.05) is 57.9 Å². The van der Waals surface area contributed by atoms with Crippen molar-refractivity contribution in [2.24, 2.45) is 16.8 Å². The Morgan fingerprint density at radius 2 is 2.00 bits per heavy atom. The lowest BCUT2D eigenvalue weighted by molar-refractivity contribution is -0.0283. The second kappa shape index (κ2) is 10.4. The Morgan fingerprint density at radius 3 is 2.80 bits per heavy atom. The van der Waals surface area contributed by atoms with Gasteiger partial charge in [0.15, 0.2) is 17.5 Å². The Morgan fingerprint density at radius 1 is 1.17 bits per heavy atom. The monoisotopic (exact) mass is 416 g/mol. The van der Waals surface area contributed by atoms with Gasteiger partial charge >= 0.3 is 0 Å². The lowest BCUT2D eigenvalue weighted by Crippen LogP contribution is -2.49. The van der Waals surface area contributed by atoms with E-state index < -0.39 is 0 Å². The van der Waals surface area contributed by atoms with E-state index in [4.69, 9.17) is 19.2 Å². The maximum atomic E-state index is 5.99. The lowest BCUT2D eigenvalue weighted by Gasteiger charge is -2.34. The first-order valence-electron chi connectivity index (χ1n) is 11.4. The van der Waals surface area contributed by atoms with Crippen molar-refractivity contribution in [3.8, 4) is 11.5 Å². The molecule has 2 fully saturated rings. The molecule has 0 amide bonds. The van der Waals surface area contributed by atoms with Crippen LogP contribution in [-0.2, 0) is 4.74 Å². The molecule has 3 aliphatic rings.